The zero-order chi connectivity index (χ0) is 13.7. The Bertz CT molecular complexity index is 440. The number of carbonyl (C=O) groups excluding carboxylic acids is 1. The van der Waals surface area contributed by atoms with Gasteiger partial charge in [-0.2, -0.15) is 0 Å². The summed E-state index contributed by atoms with van der Waals surface area (Å²) in [5, 5.41) is 0. The van der Waals surface area contributed by atoms with E-state index in [0.29, 0.717) is 0 Å². The zero-order valence-electron chi connectivity index (χ0n) is 11.8. The smallest absolute Gasteiger partial charge is 0.219 e. The van der Waals surface area contributed by atoms with Crippen molar-refractivity contribution in [2.45, 2.75) is 32.6 Å². The molecule has 1 aromatic rings. The predicted octanol–water partition coefficient (Wildman–Crippen LogP) is 3.43. The van der Waals surface area contributed by atoms with Gasteiger partial charge in [-0.15, -0.1) is 6.58 Å². The number of likely N-dealkylation sites (tertiary alicyclic amines) is 1. The van der Waals surface area contributed by atoms with Crippen molar-refractivity contribution in [3.05, 3.63) is 48.6 Å². The molecule has 0 aromatic heterocycles. The van der Waals surface area contributed by atoms with Crippen molar-refractivity contribution in [1.82, 2.24) is 4.90 Å². The number of amides is 1. The Balaban J connectivity index is 2.17. The molecule has 1 atom stereocenters. The third-order valence-corrected chi connectivity index (χ3v) is 4.11. The van der Waals surface area contributed by atoms with Crippen LogP contribution in [0.2, 0.25) is 0 Å². The first-order chi connectivity index (χ1) is 9.15. The first-order valence-corrected chi connectivity index (χ1v) is 7.06. The van der Waals surface area contributed by atoms with Crippen LogP contribution in [0.3, 0.4) is 0 Å². The van der Waals surface area contributed by atoms with E-state index in [1.165, 1.54) is 12.0 Å². The average molecular weight is 257 g/mol. The Morgan fingerprint density at radius 3 is 2.79 bits per heavy atom. The molecule has 1 fully saturated rings. The maximum atomic E-state index is 11.6. The maximum Gasteiger partial charge on any atom is 0.219 e. The largest absolute Gasteiger partial charge is 0.342 e. The topological polar surface area (TPSA) is 20.3 Å². The van der Waals surface area contributed by atoms with E-state index in [4.69, 9.17) is 0 Å². The van der Waals surface area contributed by atoms with Gasteiger partial charge in [-0.3, -0.25) is 4.79 Å². The van der Waals surface area contributed by atoms with Gasteiger partial charge in [-0.25, -0.2) is 0 Å². The van der Waals surface area contributed by atoms with Crippen molar-refractivity contribution in [3.63, 3.8) is 0 Å². The molecule has 0 unspecified atom stereocenters. The Morgan fingerprint density at radius 1 is 1.42 bits per heavy atom. The minimum absolute atomic E-state index is 0.174. The minimum Gasteiger partial charge on any atom is -0.342 e. The van der Waals surface area contributed by atoms with Gasteiger partial charge in [0.1, 0.15) is 0 Å². The summed E-state index contributed by atoms with van der Waals surface area (Å²) < 4.78 is 0. The van der Waals surface area contributed by atoms with Crippen LogP contribution in [-0.4, -0.2) is 23.9 Å². The quantitative estimate of drug-likeness (QED) is 0.757. The monoisotopic (exact) mass is 257 g/mol. The molecule has 0 saturated carbocycles. The SMILES string of the molecule is C=CC[C@]1(Cc2ccccc2)CCCN(C(C)=O)C1. The van der Waals surface area contributed by atoms with Crippen molar-refractivity contribution in [2.24, 2.45) is 5.41 Å². The highest BCUT2D eigenvalue weighted by molar-refractivity contribution is 5.73. The van der Waals surface area contributed by atoms with Gasteiger partial charge < -0.3 is 4.90 Å². The van der Waals surface area contributed by atoms with Crippen LogP contribution in [0.25, 0.3) is 0 Å². The Morgan fingerprint density at radius 2 is 2.16 bits per heavy atom. The van der Waals surface area contributed by atoms with E-state index in [2.05, 4.69) is 30.8 Å². The molecule has 2 rings (SSSR count). The summed E-state index contributed by atoms with van der Waals surface area (Å²) in [6, 6.07) is 10.6. The van der Waals surface area contributed by atoms with Crippen molar-refractivity contribution in [3.8, 4) is 0 Å². The van der Waals surface area contributed by atoms with Crippen LogP contribution < -0.4 is 0 Å². The minimum atomic E-state index is 0.174. The van der Waals surface area contributed by atoms with Crippen molar-refractivity contribution >= 4 is 5.91 Å². The lowest BCUT2D eigenvalue weighted by Gasteiger charge is -2.42. The molecule has 1 aliphatic rings. The van der Waals surface area contributed by atoms with Gasteiger partial charge in [0.2, 0.25) is 5.91 Å². The van der Waals surface area contributed by atoms with Crippen LogP contribution in [-0.2, 0) is 11.2 Å². The van der Waals surface area contributed by atoms with Crippen molar-refractivity contribution < 1.29 is 4.79 Å². The zero-order valence-corrected chi connectivity index (χ0v) is 11.8. The second kappa shape index (κ2) is 6.05. The van der Waals surface area contributed by atoms with Gasteiger partial charge in [0.15, 0.2) is 0 Å². The van der Waals surface area contributed by atoms with E-state index >= 15 is 0 Å². The van der Waals surface area contributed by atoms with E-state index < -0.39 is 0 Å². The molecular formula is C17H23NO. The van der Waals surface area contributed by atoms with Crippen molar-refractivity contribution in [1.29, 1.82) is 0 Å². The van der Waals surface area contributed by atoms with Crippen LogP contribution in [0.1, 0.15) is 31.7 Å². The van der Waals surface area contributed by atoms with Gasteiger partial charge >= 0.3 is 0 Å². The van der Waals surface area contributed by atoms with E-state index in [1.54, 1.807) is 6.92 Å². The Kier molecular flexibility index (Phi) is 4.41. The summed E-state index contributed by atoms with van der Waals surface area (Å²) in [6.45, 7) is 7.35. The van der Waals surface area contributed by atoms with Gasteiger partial charge in [-0.05, 0) is 36.7 Å². The van der Waals surface area contributed by atoms with Crippen LogP contribution in [0, 0.1) is 5.41 Å². The van der Waals surface area contributed by atoms with E-state index in [-0.39, 0.29) is 11.3 Å². The third kappa shape index (κ3) is 3.46. The van der Waals surface area contributed by atoms with Gasteiger partial charge in [0.05, 0.1) is 0 Å². The lowest BCUT2D eigenvalue weighted by Crippen LogP contribution is -2.46. The highest BCUT2D eigenvalue weighted by Gasteiger charge is 2.35. The number of nitrogens with zero attached hydrogens (tertiary/aromatic N) is 1. The van der Waals surface area contributed by atoms with Crippen LogP contribution in [0.5, 0.6) is 0 Å². The Hall–Kier alpha value is -1.57. The summed E-state index contributed by atoms with van der Waals surface area (Å²) in [5.74, 6) is 0.196. The fourth-order valence-electron chi connectivity index (χ4n) is 3.19. The first kappa shape index (κ1) is 13.9. The molecule has 1 aromatic carbocycles. The molecule has 102 valence electrons. The molecule has 0 aliphatic carbocycles. The standard InChI is InChI=1S/C17H23NO/c1-3-10-17(13-16-8-5-4-6-9-16)11-7-12-18(14-17)15(2)19/h3-6,8-9H,1,7,10-14H2,2H3/t17-/m1/s1. The molecule has 1 amide bonds. The molecule has 1 saturated heterocycles. The summed E-state index contributed by atoms with van der Waals surface area (Å²) in [7, 11) is 0. The molecule has 0 N–H and O–H groups in total. The molecule has 2 nitrogen and oxygen atoms in total. The summed E-state index contributed by atoms with van der Waals surface area (Å²) in [6.07, 6.45) is 6.29. The fraction of sp³-hybridized carbons (Fsp3) is 0.471. The molecule has 1 heterocycles. The Labute approximate surface area is 116 Å². The molecule has 0 spiro atoms. The van der Waals surface area contributed by atoms with E-state index in [0.717, 1.165) is 32.4 Å². The number of carbonyl (C=O) groups is 1. The molecular weight excluding hydrogens is 234 g/mol. The van der Waals surface area contributed by atoms with E-state index in [9.17, 15) is 4.79 Å². The second-order valence-corrected chi connectivity index (χ2v) is 5.70. The first-order valence-electron chi connectivity index (χ1n) is 7.06. The molecule has 0 bridgehead atoms. The lowest BCUT2D eigenvalue weighted by atomic mass is 9.72. The molecule has 19 heavy (non-hydrogen) atoms. The number of piperidine rings is 1. The number of allylic oxidation sites excluding steroid dienone is 1. The maximum absolute atomic E-state index is 11.6. The fourth-order valence-corrected chi connectivity index (χ4v) is 3.19. The highest BCUT2D eigenvalue weighted by atomic mass is 16.2. The average Bonchev–Trinajstić information content (AvgIpc) is 2.40. The third-order valence-electron chi connectivity index (χ3n) is 4.11. The van der Waals surface area contributed by atoms with E-state index in [1.807, 2.05) is 17.0 Å². The number of rotatable bonds is 4. The summed E-state index contributed by atoms with van der Waals surface area (Å²) >= 11 is 0. The van der Waals surface area contributed by atoms with Crippen LogP contribution >= 0.6 is 0 Å². The number of benzene rings is 1. The second-order valence-electron chi connectivity index (χ2n) is 5.70. The van der Waals surface area contributed by atoms with Gasteiger partial charge in [0.25, 0.3) is 0 Å². The van der Waals surface area contributed by atoms with Crippen LogP contribution in [0.4, 0.5) is 0 Å². The van der Waals surface area contributed by atoms with Gasteiger partial charge in [-0.1, -0.05) is 36.4 Å². The van der Waals surface area contributed by atoms with Gasteiger partial charge in [0, 0.05) is 20.0 Å². The number of hydrogen-bond donors (Lipinski definition) is 0. The lowest BCUT2D eigenvalue weighted by molar-refractivity contribution is -0.132. The summed E-state index contributed by atoms with van der Waals surface area (Å²) in [5.41, 5.74) is 1.53. The molecule has 1 aliphatic heterocycles. The van der Waals surface area contributed by atoms with Crippen molar-refractivity contribution in [2.75, 3.05) is 13.1 Å². The normalized spacial score (nSPS) is 23.1. The highest BCUT2D eigenvalue weighted by Crippen LogP contribution is 2.37. The number of hydrogen-bond acceptors (Lipinski definition) is 1. The predicted molar refractivity (Wildman–Crippen MR) is 78.9 cm³/mol. The van der Waals surface area contributed by atoms with Crippen LogP contribution in [0.15, 0.2) is 43.0 Å². The molecule has 2 heteroatoms. The molecule has 0 radical (unpaired) electrons. The summed E-state index contributed by atoms with van der Waals surface area (Å²) in [4.78, 5) is 13.6.